The number of thiazole rings is 1. The summed E-state index contributed by atoms with van der Waals surface area (Å²) in [5, 5.41) is 0.446. The van der Waals surface area contributed by atoms with Crippen LogP contribution >= 0.6 is 11.3 Å². The molecule has 0 aliphatic carbocycles. The lowest BCUT2D eigenvalue weighted by molar-refractivity contribution is -0.134. The first-order chi connectivity index (χ1) is 6.67. The van der Waals surface area contributed by atoms with E-state index in [0.717, 1.165) is 17.7 Å². The van der Waals surface area contributed by atoms with Crippen LogP contribution in [0.1, 0.15) is 31.6 Å². The molecular weight excluding hydrogens is 200 g/mol. The number of hydrogen-bond donors (Lipinski definition) is 1. The van der Waals surface area contributed by atoms with E-state index >= 15 is 0 Å². The topological polar surface area (TPSA) is 65.2 Å². The minimum absolute atomic E-state index is 0.243. The molecule has 0 spiro atoms. The monoisotopic (exact) mass is 214 g/mol. The number of anilines is 1. The maximum Gasteiger partial charge on any atom is 0.312 e. The van der Waals surface area contributed by atoms with E-state index in [2.05, 4.69) is 4.98 Å². The van der Waals surface area contributed by atoms with E-state index in [-0.39, 0.29) is 5.97 Å². The highest BCUT2D eigenvalue weighted by Gasteiger charge is 2.12. The van der Waals surface area contributed by atoms with Crippen molar-refractivity contribution in [3.05, 3.63) is 4.88 Å². The predicted octanol–water partition coefficient (Wildman–Crippen LogP) is 1.99. The molecule has 0 radical (unpaired) electrons. The summed E-state index contributed by atoms with van der Waals surface area (Å²) in [5.41, 5.74) is 5.52. The minimum atomic E-state index is -0.243. The van der Waals surface area contributed by atoms with Gasteiger partial charge in [0.1, 0.15) is 0 Å². The smallest absolute Gasteiger partial charge is 0.312 e. The molecule has 0 aliphatic heterocycles. The fourth-order valence-corrected chi connectivity index (χ4v) is 1.72. The van der Waals surface area contributed by atoms with Crippen LogP contribution in [-0.2, 0) is 11.2 Å². The molecule has 0 saturated heterocycles. The van der Waals surface area contributed by atoms with Crippen molar-refractivity contribution in [2.24, 2.45) is 0 Å². The molecule has 78 valence electrons. The van der Waals surface area contributed by atoms with E-state index in [4.69, 9.17) is 10.5 Å². The molecule has 0 fully saturated rings. The van der Waals surface area contributed by atoms with E-state index in [1.165, 1.54) is 11.3 Å². The third-order valence-corrected chi connectivity index (χ3v) is 2.67. The van der Waals surface area contributed by atoms with Crippen LogP contribution in [0.4, 0.5) is 5.13 Å². The van der Waals surface area contributed by atoms with Gasteiger partial charge in [-0.15, -0.1) is 0 Å². The van der Waals surface area contributed by atoms with E-state index in [1.807, 2.05) is 13.8 Å². The quantitative estimate of drug-likeness (QED) is 0.778. The van der Waals surface area contributed by atoms with Gasteiger partial charge in [0.15, 0.2) is 5.13 Å². The normalized spacial score (nSPS) is 10.1. The Kier molecular flexibility index (Phi) is 3.88. The summed E-state index contributed by atoms with van der Waals surface area (Å²) in [7, 11) is 0. The number of carbonyl (C=O) groups excluding carboxylic acids is 1. The maximum atomic E-state index is 11.2. The molecule has 1 heterocycles. The van der Waals surface area contributed by atoms with Crippen LogP contribution in [0.3, 0.4) is 0 Å². The Hall–Kier alpha value is -1.10. The number of nitrogens with two attached hydrogens (primary N) is 1. The second-order valence-corrected chi connectivity index (χ2v) is 3.97. The van der Waals surface area contributed by atoms with Crippen molar-refractivity contribution in [1.82, 2.24) is 4.98 Å². The second-order valence-electron chi connectivity index (χ2n) is 2.86. The lowest BCUT2D eigenvalue weighted by Crippen LogP contribution is -2.08. The molecule has 2 N–H and O–H groups in total. The first kappa shape index (κ1) is 11.0. The van der Waals surface area contributed by atoms with Gasteiger partial charge in [0.05, 0.1) is 4.88 Å². The Bertz CT molecular complexity index is 323. The molecule has 0 aromatic carbocycles. The minimum Gasteiger partial charge on any atom is -0.406 e. The van der Waals surface area contributed by atoms with Crippen molar-refractivity contribution in [3.8, 4) is 5.88 Å². The van der Waals surface area contributed by atoms with E-state index in [1.54, 1.807) is 0 Å². The largest absolute Gasteiger partial charge is 0.406 e. The standard InChI is InChI=1S/C9H14N2O2S/c1-3-5-7(12)13-8-6(4-2)14-9(10)11-8/h3-5H2,1-2H3,(H2,10,11). The number of nitrogens with zero attached hydrogens (tertiary/aromatic N) is 1. The van der Waals surface area contributed by atoms with Crippen molar-refractivity contribution in [1.29, 1.82) is 0 Å². The molecule has 1 aromatic rings. The van der Waals surface area contributed by atoms with Crippen LogP contribution in [0.25, 0.3) is 0 Å². The summed E-state index contributed by atoms with van der Waals surface area (Å²) in [5.74, 6) is 0.140. The number of aryl methyl sites for hydroxylation is 1. The van der Waals surface area contributed by atoms with Crippen molar-refractivity contribution in [2.75, 3.05) is 5.73 Å². The number of carbonyl (C=O) groups is 1. The van der Waals surface area contributed by atoms with Gasteiger partial charge < -0.3 is 10.5 Å². The zero-order valence-electron chi connectivity index (χ0n) is 8.37. The zero-order chi connectivity index (χ0) is 10.6. The van der Waals surface area contributed by atoms with Crippen LogP contribution in [0.5, 0.6) is 5.88 Å². The van der Waals surface area contributed by atoms with Crippen LogP contribution in [0.2, 0.25) is 0 Å². The van der Waals surface area contributed by atoms with E-state index in [9.17, 15) is 4.79 Å². The molecule has 0 bridgehead atoms. The lowest BCUT2D eigenvalue weighted by Gasteiger charge is -2.00. The average Bonchev–Trinajstić information content (AvgIpc) is 2.46. The van der Waals surface area contributed by atoms with Gasteiger partial charge in [-0.05, 0) is 12.8 Å². The molecule has 0 aliphatic rings. The number of aromatic nitrogens is 1. The molecule has 0 unspecified atom stereocenters. The lowest BCUT2D eigenvalue weighted by atomic mass is 10.3. The van der Waals surface area contributed by atoms with Crippen LogP contribution in [0, 0.1) is 0 Å². The summed E-state index contributed by atoms with van der Waals surface area (Å²) in [4.78, 5) is 16.1. The highest BCUT2D eigenvalue weighted by Crippen LogP contribution is 2.27. The van der Waals surface area contributed by atoms with Gasteiger partial charge in [0.2, 0.25) is 5.88 Å². The van der Waals surface area contributed by atoms with Gasteiger partial charge in [-0.1, -0.05) is 25.2 Å². The highest BCUT2D eigenvalue weighted by atomic mass is 32.1. The average molecular weight is 214 g/mol. The molecular formula is C9H14N2O2S. The number of hydrogen-bond acceptors (Lipinski definition) is 5. The molecule has 0 amide bonds. The molecule has 5 heteroatoms. The summed E-state index contributed by atoms with van der Waals surface area (Å²) in [6.07, 6.45) is 1.98. The van der Waals surface area contributed by atoms with Gasteiger partial charge in [0, 0.05) is 6.42 Å². The SMILES string of the molecule is CCCC(=O)Oc1nc(N)sc1CC. The van der Waals surface area contributed by atoms with E-state index < -0.39 is 0 Å². The Balaban J connectivity index is 2.70. The summed E-state index contributed by atoms with van der Waals surface area (Å²) < 4.78 is 5.08. The molecule has 0 atom stereocenters. The second kappa shape index (κ2) is 4.95. The first-order valence-corrected chi connectivity index (χ1v) is 5.44. The van der Waals surface area contributed by atoms with Crippen molar-refractivity contribution in [3.63, 3.8) is 0 Å². The molecule has 4 nitrogen and oxygen atoms in total. The number of nitrogen functional groups attached to an aromatic ring is 1. The zero-order valence-corrected chi connectivity index (χ0v) is 9.19. The molecule has 14 heavy (non-hydrogen) atoms. The fourth-order valence-electron chi connectivity index (χ4n) is 1.02. The van der Waals surface area contributed by atoms with Gasteiger partial charge in [-0.25, -0.2) is 0 Å². The summed E-state index contributed by atoms with van der Waals surface area (Å²) in [6.45, 7) is 3.90. The third-order valence-electron chi connectivity index (χ3n) is 1.66. The first-order valence-electron chi connectivity index (χ1n) is 4.63. The third kappa shape index (κ3) is 2.70. The van der Waals surface area contributed by atoms with Gasteiger partial charge in [0.25, 0.3) is 0 Å². The number of rotatable bonds is 4. The van der Waals surface area contributed by atoms with Crippen LogP contribution in [-0.4, -0.2) is 11.0 Å². The van der Waals surface area contributed by atoms with Crippen molar-refractivity contribution in [2.45, 2.75) is 33.1 Å². The maximum absolute atomic E-state index is 11.2. The van der Waals surface area contributed by atoms with Gasteiger partial charge >= 0.3 is 5.97 Å². The Morgan fingerprint density at radius 2 is 2.29 bits per heavy atom. The van der Waals surface area contributed by atoms with Gasteiger partial charge in [-0.3, -0.25) is 4.79 Å². The van der Waals surface area contributed by atoms with Crippen molar-refractivity contribution < 1.29 is 9.53 Å². The van der Waals surface area contributed by atoms with E-state index in [0.29, 0.717) is 17.4 Å². The number of ether oxygens (including phenoxy) is 1. The van der Waals surface area contributed by atoms with Crippen molar-refractivity contribution >= 4 is 22.4 Å². The Labute approximate surface area is 87.1 Å². The molecule has 0 saturated carbocycles. The molecule has 1 aromatic heterocycles. The summed E-state index contributed by atoms with van der Waals surface area (Å²) >= 11 is 1.36. The predicted molar refractivity (Wildman–Crippen MR) is 56.4 cm³/mol. The fraction of sp³-hybridized carbons (Fsp3) is 0.556. The van der Waals surface area contributed by atoms with Crippen LogP contribution in [0.15, 0.2) is 0 Å². The Morgan fingerprint density at radius 1 is 1.57 bits per heavy atom. The van der Waals surface area contributed by atoms with Gasteiger partial charge in [-0.2, -0.15) is 4.98 Å². The highest BCUT2D eigenvalue weighted by molar-refractivity contribution is 7.15. The summed E-state index contributed by atoms with van der Waals surface area (Å²) in [6, 6.07) is 0. The Morgan fingerprint density at radius 3 is 2.86 bits per heavy atom. The molecule has 1 rings (SSSR count). The van der Waals surface area contributed by atoms with Crippen LogP contribution < -0.4 is 10.5 Å². The number of esters is 1.